The number of nitrogens with one attached hydrogen (secondary N) is 1. The molecule has 1 N–H and O–H groups in total. The Hall–Kier alpha value is -3.67. The van der Waals surface area contributed by atoms with Crippen LogP contribution >= 0.6 is 0 Å². The summed E-state index contributed by atoms with van der Waals surface area (Å²) in [7, 11) is 0. The largest absolute Gasteiger partial charge is 0.439 e. The predicted molar refractivity (Wildman–Crippen MR) is 109 cm³/mol. The van der Waals surface area contributed by atoms with Crippen molar-refractivity contribution in [3.8, 4) is 11.6 Å². The third-order valence-electron chi connectivity index (χ3n) is 4.60. The lowest BCUT2D eigenvalue weighted by Crippen LogP contribution is -2.24. The molecule has 0 aliphatic heterocycles. The lowest BCUT2D eigenvalue weighted by molar-refractivity contribution is -0.121. The maximum atomic E-state index is 13.4. The first kappa shape index (κ1) is 18.7. The van der Waals surface area contributed by atoms with E-state index in [1.165, 1.54) is 12.1 Å². The molecule has 2 heterocycles. The highest BCUT2D eigenvalue weighted by molar-refractivity contribution is 5.80. The van der Waals surface area contributed by atoms with E-state index in [0.717, 1.165) is 16.5 Å². The maximum absolute atomic E-state index is 13.4. The molecule has 6 heteroatoms. The third kappa shape index (κ3) is 4.60. The molecule has 0 aliphatic carbocycles. The molecule has 0 fully saturated rings. The van der Waals surface area contributed by atoms with Gasteiger partial charge in [0.25, 0.3) is 0 Å². The second-order valence-corrected chi connectivity index (χ2v) is 6.62. The van der Waals surface area contributed by atoms with Crippen molar-refractivity contribution in [2.45, 2.75) is 19.5 Å². The number of para-hydroxylation sites is 1. The summed E-state index contributed by atoms with van der Waals surface area (Å²) in [5, 5.41) is 4.06. The molecule has 0 saturated carbocycles. The van der Waals surface area contributed by atoms with Crippen molar-refractivity contribution in [2.75, 3.05) is 0 Å². The molecule has 2 aromatic heterocycles. The van der Waals surface area contributed by atoms with Crippen molar-refractivity contribution in [3.05, 3.63) is 90.5 Å². The monoisotopic (exact) mass is 389 g/mol. The fourth-order valence-corrected chi connectivity index (χ4v) is 3.13. The first-order chi connectivity index (χ1) is 14.2. The van der Waals surface area contributed by atoms with Gasteiger partial charge in [-0.1, -0.05) is 30.3 Å². The Morgan fingerprint density at radius 1 is 1.07 bits per heavy atom. The zero-order chi connectivity index (χ0) is 20.1. The summed E-state index contributed by atoms with van der Waals surface area (Å²) in [5.74, 6) is 0.250. The molecule has 4 rings (SSSR count). The van der Waals surface area contributed by atoms with E-state index in [4.69, 9.17) is 4.74 Å². The van der Waals surface area contributed by atoms with Gasteiger partial charge in [-0.05, 0) is 35.7 Å². The van der Waals surface area contributed by atoms with Gasteiger partial charge in [-0.2, -0.15) is 0 Å². The number of ether oxygens (including phenoxy) is 1. The van der Waals surface area contributed by atoms with E-state index in [1.54, 1.807) is 24.4 Å². The van der Waals surface area contributed by atoms with Crippen LogP contribution in [0, 0.1) is 5.82 Å². The minimum atomic E-state index is -0.384. The minimum Gasteiger partial charge on any atom is -0.439 e. The second kappa shape index (κ2) is 8.56. The number of benzene rings is 2. The number of aromatic nitrogens is 2. The van der Waals surface area contributed by atoms with E-state index >= 15 is 0 Å². The fraction of sp³-hybridized carbons (Fsp3) is 0.130. The lowest BCUT2D eigenvalue weighted by Gasteiger charge is -2.11. The Kier molecular flexibility index (Phi) is 5.52. The zero-order valence-corrected chi connectivity index (χ0v) is 15.7. The molecular formula is C23H20FN3O2. The smallest absolute Gasteiger partial charge is 0.224 e. The molecule has 0 atom stereocenters. The SMILES string of the molecule is O=C(CCn1ccc2ccccc21)NCc1cccnc1Oc1cccc(F)c1. The van der Waals surface area contributed by atoms with E-state index < -0.39 is 0 Å². The molecule has 0 radical (unpaired) electrons. The zero-order valence-electron chi connectivity index (χ0n) is 15.7. The average molecular weight is 389 g/mol. The van der Waals surface area contributed by atoms with E-state index in [9.17, 15) is 9.18 Å². The molecule has 4 aromatic rings. The van der Waals surface area contributed by atoms with Crippen molar-refractivity contribution in [3.63, 3.8) is 0 Å². The van der Waals surface area contributed by atoms with E-state index in [2.05, 4.69) is 20.9 Å². The Balaban J connectivity index is 1.36. The first-order valence-electron chi connectivity index (χ1n) is 9.37. The number of hydrogen-bond donors (Lipinski definition) is 1. The Bertz CT molecular complexity index is 1140. The van der Waals surface area contributed by atoms with Gasteiger partial charge in [0, 0.05) is 49.1 Å². The normalized spacial score (nSPS) is 10.8. The number of aryl methyl sites for hydroxylation is 1. The number of carbonyl (C=O) groups is 1. The number of nitrogens with zero attached hydrogens (tertiary/aromatic N) is 2. The van der Waals surface area contributed by atoms with Crippen LogP contribution in [0.15, 0.2) is 79.1 Å². The van der Waals surface area contributed by atoms with Crippen LogP contribution in [0.5, 0.6) is 11.6 Å². The number of fused-ring (bicyclic) bond motifs is 1. The van der Waals surface area contributed by atoms with Crippen molar-refractivity contribution in [2.24, 2.45) is 0 Å². The van der Waals surface area contributed by atoms with Gasteiger partial charge in [0.05, 0.1) is 0 Å². The van der Waals surface area contributed by atoms with Crippen molar-refractivity contribution in [1.29, 1.82) is 0 Å². The standard InChI is InChI=1S/C23H20FN3O2/c24-19-7-3-8-20(15-19)29-23-18(6-4-12-25-23)16-26-22(28)11-14-27-13-10-17-5-1-2-9-21(17)27/h1-10,12-13,15H,11,14,16H2,(H,26,28). The van der Waals surface area contributed by atoms with Gasteiger partial charge in [-0.25, -0.2) is 9.37 Å². The molecule has 0 unspecified atom stereocenters. The Morgan fingerprint density at radius 2 is 1.97 bits per heavy atom. The van der Waals surface area contributed by atoms with Crippen LogP contribution in [-0.2, 0) is 17.9 Å². The highest BCUT2D eigenvalue weighted by Gasteiger charge is 2.09. The van der Waals surface area contributed by atoms with E-state index in [1.807, 2.05) is 36.5 Å². The molecule has 2 aromatic carbocycles. The topological polar surface area (TPSA) is 56.2 Å². The van der Waals surface area contributed by atoms with Crippen LogP contribution in [0.25, 0.3) is 10.9 Å². The molecular weight excluding hydrogens is 369 g/mol. The van der Waals surface area contributed by atoms with Crippen LogP contribution in [-0.4, -0.2) is 15.5 Å². The molecule has 146 valence electrons. The molecule has 0 saturated heterocycles. The fourth-order valence-electron chi connectivity index (χ4n) is 3.13. The maximum Gasteiger partial charge on any atom is 0.224 e. The van der Waals surface area contributed by atoms with Crippen LogP contribution < -0.4 is 10.1 Å². The summed E-state index contributed by atoms with van der Waals surface area (Å²) in [6.45, 7) is 0.878. The molecule has 0 bridgehead atoms. The number of carbonyl (C=O) groups excluding carboxylic acids is 1. The highest BCUT2D eigenvalue weighted by atomic mass is 19.1. The van der Waals surface area contributed by atoms with Crippen LogP contribution in [0.3, 0.4) is 0 Å². The number of halogens is 1. The molecule has 29 heavy (non-hydrogen) atoms. The van der Waals surface area contributed by atoms with Gasteiger partial charge < -0.3 is 14.6 Å². The Labute approximate surface area is 167 Å². The second-order valence-electron chi connectivity index (χ2n) is 6.62. The van der Waals surface area contributed by atoms with Gasteiger partial charge in [-0.3, -0.25) is 4.79 Å². The summed E-state index contributed by atoms with van der Waals surface area (Å²) in [6, 6.07) is 19.6. The Morgan fingerprint density at radius 3 is 2.86 bits per heavy atom. The molecule has 5 nitrogen and oxygen atoms in total. The number of amides is 1. The van der Waals surface area contributed by atoms with Crippen LogP contribution in [0.2, 0.25) is 0 Å². The summed E-state index contributed by atoms with van der Waals surface area (Å²) in [4.78, 5) is 16.5. The summed E-state index contributed by atoms with van der Waals surface area (Å²) < 4.78 is 21.1. The summed E-state index contributed by atoms with van der Waals surface area (Å²) >= 11 is 0. The number of hydrogen-bond acceptors (Lipinski definition) is 3. The number of rotatable bonds is 7. The predicted octanol–water partition coefficient (Wildman–Crippen LogP) is 4.67. The average Bonchev–Trinajstić information content (AvgIpc) is 3.15. The first-order valence-corrected chi connectivity index (χ1v) is 9.37. The van der Waals surface area contributed by atoms with Gasteiger partial charge in [0.1, 0.15) is 11.6 Å². The quantitative estimate of drug-likeness (QED) is 0.500. The van der Waals surface area contributed by atoms with Gasteiger partial charge in [0.15, 0.2) is 0 Å². The van der Waals surface area contributed by atoms with Gasteiger partial charge in [-0.15, -0.1) is 0 Å². The van der Waals surface area contributed by atoms with Crippen molar-refractivity contribution >= 4 is 16.8 Å². The molecule has 0 aliphatic rings. The van der Waals surface area contributed by atoms with Crippen molar-refractivity contribution in [1.82, 2.24) is 14.9 Å². The molecule has 1 amide bonds. The minimum absolute atomic E-state index is 0.0664. The summed E-state index contributed by atoms with van der Waals surface area (Å²) in [6.07, 6.45) is 3.94. The van der Waals surface area contributed by atoms with E-state index in [-0.39, 0.29) is 18.3 Å². The lowest BCUT2D eigenvalue weighted by atomic mass is 10.2. The number of pyridine rings is 1. The van der Waals surface area contributed by atoms with Crippen LogP contribution in [0.1, 0.15) is 12.0 Å². The summed E-state index contributed by atoms with van der Waals surface area (Å²) in [5.41, 5.74) is 1.83. The third-order valence-corrected chi connectivity index (χ3v) is 4.60. The molecule has 0 spiro atoms. The van der Waals surface area contributed by atoms with E-state index in [0.29, 0.717) is 24.6 Å². The van der Waals surface area contributed by atoms with Gasteiger partial charge >= 0.3 is 0 Å². The van der Waals surface area contributed by atoms with Crippen molar-refractivity contribution < 1.29 is 13.9 Å². The van der Waals surface area contributed by atoms with Crippen LogP contribution in [0.4, 0.5) is 4.39 Å². The highest BCUT2D eigenvalue weighted by Crippen LogP contribution is 2.23. The van der Waals surface area contributed by atoms with Gasteiger partial charge in [0.2, 0.25) is 11.8 Å².